The van der Waals surface area contributed by atoms with Crippen LogP contribution in [-0.4, -0.2) is 18.0 Å². The second-order valence-corrected chi connectivity index (χ2v) is 7.83. The number of hydrogen-bond donors (Lipinski definition) is 2. The second kappa shape index (κ2) is 6.46. The van der Waals surface area contributed by atoms with Crippen LogP contribution in [0.2, 0.25) is 0 Å². The van der Waals surface area contributed by atoms with Crippen LogP contribution in [0.1, 0.15) is 78.1 Å². The lowest BCUT2D eigenvalue weighted by atomic mass is 9.78. The van der Waals surface area contributed by atoms with E-state index in [1.54, 1.807) is 0 Å². The predicted molar refractivity (Wildman–Crippen MR) is 83.4 cm³/mol. The Morgan fingerprint density at radius 2 is 1.65 bits per heavy atom. The van der Waals surface area contributed by atoms with E-state index in [1.807, 2.05) is 0 Å². The zero-order valence-electron chi connectivity index (χ0n) is 13.3. The largest absolute Gasteiger partial charge is 0.355 e. The van der Waals surface area contributed by atoms with Gasteiger partial charge in [-0.05, 0) is 43.4 Å². The maximum absolute atomic E-state index is 12.2. The lowest BCUT2D eigenvalue weighted by Crippen LogP contribution is -2.44. The number of nitrogens with one attached hydrogen (secondary N) is 1. The van der Waals surface area contributed by atoms with Crippen molar-refractivity contribution < 1.29 is 4.79 Å². The molecule has 2 saturated carbocycles. The number of carbonyl (C=O) groups excluding carboxylic acids is 1. The normalized spacial score (nSPS) is 24.2. The second-order valence-electron chi connectivity index (χ2n) is 7.83. The number of hydrogen-bond acceptors (Lipinski definition) is 2. The molecule has 2 fully saturated rings. The van der Waals surface area contributed by atoms with Crippen molar-refractivity contribution in [1.82, 2.24) is 5.32 Å². The van der Waals surface area contributed by atoms with Crippen LogP contribution in [0.5, 0.6) is 0 Å². The molecule has 0 aromatic heterocycles. The summed E-state index contributed by atoms with van der Waals surface area (Å²) >= 11 is 0. The Hall–Kier alpha value is -0.570. The van der Waals surface area contributed by atoms with Crippen molar-refractivity contribution >= 4 is 5.91 Å². The van der Waals surface area contributed by atoms with Crippen LogP contribution in [0.4, 0.5) is 0 Å². The molecule has 2 rings (SSSR count). The van der Waals surface area contributed by atoms with Gasteiger partial charge < -0.3 is 11.1 Å². The fourth-order valence-electron chi connectivity index (χ4n) is 4.37. The van der Waals surface area contributed by atoms with E-state index in [2.05, 4.69) is 19.2 Å². The number of nitrogens with two attached hydrogens (primary N) is 1. The summed E-state index contributed by atoms with van der Waals surface area (Å²) in [6.07, 6.45) is 11.3. The third kappa shape index (κ3) is 4.21. The molecule has 2 aliphatic rings. The van der Waals surface area contributed by atoms with Gasteiger partial charge in [0.2, 0.25) is 5.91 Å². The van der Waals surface area contributed by atoms with Gasteiger partial charge in [0, 0.05) is 18.5 Å². The highest BCUT2D eigenvalue weighted by molar-refractivity contribution is 5.77. The molecular weight excluding hydrogens is 248 g/mol. The minimum Gasteiger partial charge on any atom is -0.355 e. The lowest BCUT2D eigenvalue weighted by molar-refractivity contribution is -0.122. The maximum atomic E-state index is 12.2. The summed E-state index contributed by atoms with van der Waals surface area (Å²) < 4.78 is 0. The summed E-state index contributed by atoms with van der Waals surface area (Å²) in [5.41, 5.74) is 6.44. The molecule has 0 aromatic carbocycles. The van der Waals surface area contributed by atoms with Crippen LogP contribution in [0.25, 0.3) is 0 Å². The molecule has 0 saturated heterocycles. The smallest absolute Gasteiger partial charge is 0.221 e. The van der Waals surface area contributed by atoms with Gasteiger partial charge in [-0.25, -0.2) is 0 Å². The van der Waals surface area contributed by atoms with E-state index < -0.39 is 0 Å². The highest BCUT2D eigenvalue weighted by atomic mass is 16.1. The predicted octanol–water partition coefficient (Wildman–Crippen LogP) is 3.37. The highest BCUT2D eigenvalue weighted by Gasteiger charge is 2.36. The summed E-state index contributed by atoms with van der Waals surface area (Å²) in [7, 11) is 0. The van der Waals surface area contributed by atoms with Crippen molar-refractivity contribution in [2.75, 3.05) is 6.54 Å². The van der Waals surface area contributed by atoms with Gasteiger partial charge in [0.25, 0.3) is 0 Å². The van der Waals surface area contributed by atoms with Crippen LogP contribution in [0.3, 0.4) is 0 Å². The Kier molecular flexibility index (Phi) is 5.11. The molecule has 0 radical (unpaired) electrons. The Morgan fingerprint density at radius 1 is 1.10 bits per heavy atom. The molecule has 116 valence electrons. The average molecular weight is 280 g/mol. The number of rotatable bonds is 6. The third-order valence-electron chi connectivity index (χ3n) is 5.28. The molecule has 3 nitrogen and oxygen atoms in total. The molecule has 0 heterocycles. The summed E-state index contributed by atoms with van der Waals surface area (Å²) in [4.78, 5) is 12.2. The molecular formula is C17H32N2O. The van der Waals surface area contributed by atoms with E-state index in [0.29, 0.717) is 17.8 Å². The van der Waals surface area contributed by atoms with Crippen molar-refractivity contribution in [3.63, 3.8) is 0 Å². The number of carbonyl (C=O) groups is 1. The van der Waals surface area contributed by atoms with Crippen LogP contribution in [0, 0.1) is 11.3 Å². The van der Waals surface area contributed by atoms with E-state index in [-0.39, 0.29) is 11.4 Å². The van der Waals surface area contributed by atoms with Gasteiger partial charge in [0.05, 0.1) is 0 Å². The highest BCUT2D eigenvalue weighted by Crippen LogP contribution is 2.42. The molecule has 1 amide bonds. The summed E-state index contributed by atoms with van der Waals surface area (Å²) in [6, 6.07) is 0. The van der Waals surface area contributed by atoms with Gasteiger partial charge in [0.1, 0.15) is 0 Å². The maximum Gasteiger partial charge on any atom is 0.221 e. The van der Waals surface area contributed by atoms with Crippen LogP contribution in [-0.2, 0) is 4.79 Å². The molecule has 0 unspecified atom stereocenters. The Morgan fingerprint density at radius 3 is 2.20 bits per heavy atom. The summed E-state index contributed by atoms with van der Waals surface area (Å²) in [5.74, 6) is 0.880. The number of amides is 1. The Labute approximate surface area is 124 Å². The summed E-state index contributed by atoms with van der Waals surface area (Å²) in [5, 5.41) is 3.20. The van der Waals surface area contributed by atoms with E-state index in [1.165, 1.54) is 44.9 Å². The first kappa shape index (κ1) is 15.8. The van der Waals surface area contributed by atoms with E-state index in [4.69, 9.17) is 5.73 Å². The molecule has 3 heteroatoms. The first-order valence-electron chi connectivity index (χ1n) is 8.49. The standard InChI is InChI=1S/C17H32N2O/c1-14(2)11-16(7-3-4-8-16)13-19-15(20)12-17(18)9-5-6-10-17/h14H,3-13,18H2,1-2H3,(H,19,20). The van der Waals surface area contributed by atoms with Crippen molar-refractivity contribution in [2.24, 2.45) is 17.1 Å². The zero-order valence-corrected chi connectivity index (χ0v) is 13.3. The van der Waals surface area contributed by atoms with Gasteiger partial charge in [-0.1, -0.05) is 39.5 Å². The minimum absolute atomic E-state index is 0.171. The quantitative estimate of drug-likeness (QED) is 0.783. The first-order chi connectivity index (χ1) is 9.43. The van der Waals surface area contributed by atoms with Gasteiger partial charge in [-0.3, -0.25) is 4.79 Å². The van der Waals surface area contributed by atoms with Crippen molar-refractivity contribution in [2.45, 2.75) is 83.6 Å². The van der Waals surface area contributed by atoms with Crippen molar-refractivity contribution in [3.8, 4) is 0 Å². The molecule has 0 spiro atoms. The van der Waals surface area contributed by atoms with Gasteiger partial charge in [-0.2, -0.15) is 0 Å². The molecule has 0 aliphatic heterocycles. The molecule has 0 aromatic rings. The molecule has 3 N–H and O–H groups in total. The molecule has 0 bridgehead atoms. The van der Waals surface area contributed by atoms with Crippen molar-refractivity contribution in [3.05, 3.63) is 0 Å². The first-order valence-corrected chi connectivity index (χ1v) is 8.49. The average Bonchev–Trinajstić information content (AvgIpc) is 2.96. The topological polar surface area (TPSA) is 55.1 Å². The van der Waals surface area contributed by atoms with Gasteiger partial charge >= 0.3 is 0 Å². The molecule has 20 heavy (non-hydrogen) atoms. The fourth-order valence-corrected chi connectivity index (χ4v) is 4.37. The van der Waals surface area contributed by atoms with Gasteiger partial charge in [0.15, 0.2) is 0 Å². The Bertz CT molecular complexity index is 326. The van der Waals surface area contributed by atoms with Crippen LogP contribution in [0.15, 0.2) is 0 Å². The lowest BCUT2D eigenvalue weighted by Gasteiger charge is -2.32. The fraction of sp³-hybridized carbons (Fsp3) is 0.941. The SMILES string of the molecule is CC(C)CC1(CNC(=O)CC2(N)CCCC2)CCCC1. The summed E-state index contributed by atoms with van der Waals surface area (Å²) in [6.45, 7) is 5.44. The van der Waals surface area contributed by atoms with Crippen molar-refractivity contribution in [1.29, 1.82) is 0 Å². The van der Waals surface area contributed by atoms with Crippen LogP contribution < -0.4 is 11.1 Å². The molecule has 2 aliphatic carbocycles. The third-order valence-corrected chi connectivity index (χ3v) is 5.28. The van der Waals surface area contributed by atoms with E-state index in [0.717, 1.165) is 19.4 Å². The molecule has 0 atom stereocenters. The Balaban J connectivity index is 1.81. The van der Waals surface area contributed by atoms with E-state index in [9.17, 15) is 4.79 Å². The minimum atomic E-state index is -0.217. The van der Waals surface area contributed by atoms with Crippen LogP contribution >= 0.6 is 0 Å². The monoisotopic (exact) mass is 280 g/mol. The van der Waals surface area contributed by atoms with E-state index >= 15 is 0 Å². The zero-order chi connectivity index (χ0) is 14.6. The van der Waals surface area contributed by atoms with Gasteiger partial charge in [-0.15, -0.1) is 0 Å².